The summed E-state index contributed by atoms with van der Waals surface area (Å²) in [6.45, 7) is 5.92. The van der Waals surface area contributed by atoms with Gasteiger partial charge in [0.15, 0.2) is 0 Å². The molecule has 1 N–H and O–H groups in total. The van der Waals surface area contributed by atoms with Crippen LogP contribution in [0.2, 0.25) is 0 Å². The van der Waals surface area contributed by atoms with E-state index in [0.717, 1.165) is 24.2 Å². The lowest BCUT2D eigenvalue weighted by atomic mass is 10.1. The molecule has 1 aromatic carbocycles. The van der Waals surface area contributed by atoms with E-state index in [-0.39, 0.29) is 6.10 Å². The van der Waals surface area contributed by atoms with E-state index >= 15 is 0 Å². The van der Waals surface area contributed by atoms with Crippen LogP contribution in [0.25, 0.3) is 0 Å². The number of rotatable bonds is 6. The summed E-state index contributed by atoms with van der Waals surface area (Å²) in [6.07, 6.45) is 1.55. The number of aliphatic hydroxyl groups is 1. The summed E-state index contributed by atoms with van der Waals surface area (Å²) >= 11 is 0. The molecule has 3 nitrogen and oxygen atoms in total. The first kappa shape index (κ1) is 13.8. The minimum absolute atomic E-state index is 0.180. The number of aliphatic hydroxyl groups excluding tert-OH is 1. The second-order valence-electron chi connectivity index (χ2n) is 4.14. The summed E-state index contributed by atoms with van der Waals surface area (Å²) in [5, 5.41) is 9.71. The third kappa shape index (κ3) is 3.63. The predicted octanol–water partition coefficient (Wildman–Crippen LogP) is 3.32. The van der Waals surface area contributed by atoms with Crippen molar-refractivity contribution >= 4 is 0 Å². The quantitative estimate of drug-likeness (QED) is 0.826. The van der Waals surface area contributed by atoms with Crippen LogP contribution >= 0.6 is 0 Å². The van der Waals surface area contributed by atoms with Gasteiger partial charge in [-0.05, 0) is 31.9 Å². The van der Waals surface area contributed by atoms with Crippen LogP contribution in [0.1, 0.15) is 45.3 Å². The van der Waals surface area contributed by atoms with E-state index in [0.29, 0.717) is 5.75 Å². The van der Waals surface area contributed by atoms with Gasteiger partial charge in [0.2, 0.25) is 0 Å². The Bertz CT molecular complexity index is 343. The van der Waals surface area contributed by atoms with Crippen LogP contribution in [-0.4, -0.2) is 18.3 Å². The van der Waals surface area contributed by atoms with Crippen molar-refractivity contribution in [1.29, 1.82) is 0 Å². The molecule has 0 heterocycles. The van der Waals surface area contributed by atoms with Gasteiger partial charge in [0, 0.05) is 11.6 Å². The standard InChI is InChI=1S/C14H22O3/c1-5-11(6-2)17-14-9-12(16-4)7-8-13(14)10(3)15/h7-11,15H,5-6H2,1-4H3/t10-/m0/s1. The van der Waals surface area contributed by atoms with Crippen molar-refractivity contribution < 1.29 is 14.6 Å². The molecule has 96 valence electrons. The van der Waals surface area contributed by atoms with Gasteiger partial charge in [-0.1, -0.05) is 13.8 Å². The first-order chi connectivity index (χ1) is 8.12. The smallest absolute Gasteiger partial charge is 0.129 e. The highest BCUT2D eigenvalue weighted by molar-refractivity contribution is 5.41. The van der Waals surface area contributed by atoms with Crippen LogP contribution in [0.4, 0.5) is 0 Å². The fourth-order valence-corrected chi connectivity index (χ4v) is 1.72. The molecule has 0 saturated heterocycles. The molecule has 1 rings (SSSR count). The molecule has 0 aromatic heterocycles. The average Bonchev–Trinajstić information content (AvgIpc) is 2.35. The van der Waals surface area contributed by atoms with Crippen molar-refractivity contribution in [3.63, 3.8) is 0 Å². The zero-order chi connectivity index (χ0) is 12.8. The van der Waals surface area contributed by atoms with Gasteiger partial charge in [0.05, 0.1) is 19.3 Å². The third-order valence-electron chi connectivity index (χ3n) is 2.88. The number of methoxy groups -OCH3 is 1. The maximum Gasteiger partial charge on any atom is 0.129 e. The largest absolute Gasteiger partial charge is 0.497 e. The van der Waals surface area contributed by atoms with Gasteiger partial charge in [-0.15, -0.1) is 0 Å². The van der Waals surface area contributed by atoms with Gasteiger partial charge >= 0.3 is 0 Å². The lowest BCUT2D eigenvalue weighted by Gasteiger charge is -2.20. The van der Waals surface area contributed by atoms with Gasteiger partial charge in [-0.2, -0.15) is 0 Å². The Kier molecular flexibility index (Phi) is 5.29. The molecule has 1 atom stereocenters. The maximum absolute atomic E-state index is 9.71. The Morgan fingerprint density at radius 3 is 2.35 bits per heavy atom. The number of hydrogen-bond acceptors (Lipinski definition) is 3. The molecule has 17 heavy (non-hydrogen) atoms. The Morgan fingerprint density at radius 2 is 1.88 bits per heavy atom. The van der Waals surface area contributed by atoms with Crippen molar-refractivity contribution in [1.82, 2.24) is 0 Å². The lowest BCUT2D eigenvalue weighted by Crippen LogP contribution is -2.15. The molecule has 0 bridgehead atoms. The number of ether oxygens (including phenoxy) is 2. The first-order valence-corrected chi connectivity index (χ1v) is 6.15. The minimum atomic E-state index is -0.537. The van der Waals surface area contributed by atoms with Gasteiger partial charge in [0.25, 0.3) is 0 Å². The Morgan fingerprint density at radius 1 is 1.24 bits per heavy atom. The molecule has 0 aliphatic rings. The van der Waals surface area contributed by atoms with E-state index in [4.69, 9.17) is 9.47 Å². The minimum Gasteiger partial charge on any atom is -0.497 e. The summed E-state index contributed by atoms with van der Waals surface area (Å²) < 4.78 is 11.1. The molecule has 0 saturated carbocycles. The highest BCUT2D eigenvalue weighted by Gasteiger charge is 2.13. The maximum atomic E-state index is 9.71. The van der Waals surface area contributed by atoms with Gasteiger partial charge in [-0.25, -0.2) is 0 Å². The van der Waals surface area contributed by atoms with Crippen LogP contribution in [0.15, 0.2) is 18.2 Å². The van der Waals surface area contributed by atoms with Gasteiger partial charge in [-0.3, -0.25) is 0 Å². The molecule has 0 unspecified atom stereocenters. The Labute approximate surface area is 103 Å². The zero-order valence-electron chi connectivity index (χ0n) is 11.1. The van der Waals surface area contributed by atoms with Crippen LogP contribution in [0, 0.1) is 0 Å². The van der Waals surface area contributed by atoms with E-state index in [1.165, 1.54) is 0 Å². The fraction of sp³-hybridized carbons (Fsp3) is 0.571. The van der Waals surface area contributed by atoms with E-state index in [1.807, 2.05) is 18.2 Å². The third-order valence-corrected chi connectivity index (χ3v) is 2.88. The molecule has 0 aliphatic heterocycles. The molecule has 0 aliphatic carbocycles. The van der Waals surface area contributed by atoms with Crippen molar-refractivity contribution in [2.24, 2.45) is 0 Å². The number of benzene rings is 1. The average molecular weight is 238 g/mol. The fourth-order valence-electron chi connectivity index (χ4n) is 1.72. The zero-order valence-corrected chi connectivity index (χ0v) is 11.1. The van der Waals surface area contributed by atoms with Crippen molar-refractivity contribution in [2.75, 3.05) is 7.11 Å². The summed E-state index contributed by atoms with van der Waals surface area (Å²) in [5.74, 6) is 1.46. The molecule has 0 amide bonds. The molecular weight excluding hydrogens is 216 g/mol. The topological polar surface area (TPSA) is 38.7 Å². The molecule has 0 fully saturated rings. The van der Waals surface area contributed by atoms with Crippen LogP contribution in [0.3, 0.4) is 0 Å². The SMILES string of the molecule is CCC(CC)Oc1cc(OC)ccc1[C@H](C)O. The first-order valence-electron chi connectivity index (χ1n) is 6.15. The highest BCUT2D eigenvalue weighted by Crippen LogP contribution is 2.30. The summed E-state index contributed by atoms with van der Waals surface area (Å²) in [5.41, 5.74) is 0.803. The summed E-state index contributed by atoms with van der Waals surface area (Å²) in [4.78, 5) is 0. The Hall–Kier alpha value is -1.22. The van der Waals surface area contributed by atoms with Crippen molar-refractivity contribution in [2.45, 2.75) is 45.8 Å². The summed E-state index contributed by atoms with van der Waals surface area (Å²) in [6, 6.07) is 5.52. The highest BCUT2D eigenvalue weighted by atomic mass is 16.5. The van der Waals surface area contributed by atoms with Crippen LogP contribution < -0.4 is 9.47 Å². The van der Waals surface area contributed by atoms with Crippen LogP contribution in [0.5, 0.6) is 11.5 Å². The predicted molar refractivity (Wildman–Crippen MR) is 68.6 cm³/mol. The van der Waals surface area contributed by atoms with E-state index < -0.39 is 6.10 Å². The molecular formula is C14H22O3. The number of hydrogen-bond donors (Lipinski definition) is 1. The Balaban J connectivity index is 3.00. The molecule has 1 aromatic rings. The summed E-state index contributed by atoms with van der Waals surface area (Å²) in [7, 11) is 1.62. The molecule has 3 heteroatoms. The molecule has 0 radical (unpaired) electrons. The van der Waals surface area contributed by atoms with Gasteiger partial charge in [0.1, 0.15) is 11.5 Å². The lowest BCUT2D eigenvalue weighted by molar-refractivity contribution is 0.166. The van der Waals surface area contributed by atoms with Gasteiger partial charge < -0.3 is 14.6 Å². The second kappa shape index (κ2) is 6.50. The van der Waals surface area contributed by atoms with Crippen molar-refractivity contribution in [3.05, 3.63) is 23.8 Å². The van der Waals surface area contributed by atoms with E-state index in [2.05, 4.69) is 13.8 Å². The monoisotopic (exact) mass is 238 g/mol. The van der Waals surface area contributed by atoms with E-state index in [9.17, 15) is 5.11 Å². The second-order valence-corrected chi connectivity index (χ2v) is 4.14. The molecule has 0 spiro atoms. The van der Waals surface area contributed by atoms with Crippen LogP contribution in [-0.2, 0) is 0 Å². The normalized spacial score (nSPS) is 12.6. The van der Waals surface area contributed by atoms with E-state index in [1.54, 1.807) is 14.0 Å². The van der Waals surface area contributed by atoms with Crippen molar-refractivity contribution in [3.8, 4) is 11.5 Å².